The Kier molecular flexibility index (Phi) is 6.57. The van der Waals surface area contributed by atoms with Crippen LogP contribution in [-0.2, 0) is 16.0 Å². The molecule has 1 saturated carbocycles. The molecule has 3 aliphatic rings. The van der Waals surface area contributed by atoms with Crippen molar-refractivity contribution in [2.24, 2.45) is 0 Å². The molecule has 0 atom stereocenters. The number of carbonyl (C=O) groups excluding carboxylic acids is 3. The summed E-state index contributed by atoms with van der Waals surface area (Å²) in [5.74, 6) is -0.0729. The van der Waals surface area contributed by atoms with Crippen LogP contribution in [-0.4, -0.2) is 77.5 Å². The van der Waals surface area contributed by atoms with E-state index in [1.165, 1.54) is 4.90 Å². The summed E-state index contributed by atoms with van der Waals surface area (Å²) in [5.41, 5.74) is 1.35. The first-order valence-corrected chi connectivity index (χ1v) is 11.5. The molecular weight excluding hydrogens is 394 g/mol. The van der Waals surface area contributed by atoms with Gasteiger partial charge in [-0.1, -0.05) is 44.4 Å². The molecule has 2 aliphatic heterocycles. The van der Waals surface area contributed by atoms with Gasteiger partial charge in [-0.25, -0.2) is 9.69 Å². The van der Waals surface area contributed by atoms with E-state index in [4.69, 9.17) is 0 Å². The first-order valence-electron chi connectivity index (χ1n) is 11.5. The Bertz CT molecular complexity index is 828. The van der Waals surface area contributed by atoms with Gasteiger partial charge in [0.05, 0.1) is 13.2 Å². The van der Waals surface area contributed by atoms with Crippen molar-refractivity contribution in [3.05, 3.63) is 29.8 Å². The number of piperazine rings is 1. The highest BCUT2D eigenvalue weighted by atomic mass is 16.2. The van der Waals surface area contributed by atoms with Crippen molar-refractivity contribution in [2.75, 3.05) is 44.7 Å². The molecule has 2 heterocycles. The molecule has 3 fully saturated rings. The van der Waals surface area contributed by atoms with E-state index in [-0.39, 0.29) is 17.8 Å². The molecule has 2 N–H and O–H groups in total. The Hall–Kier alpha value is -2.45. The Balaban J connectivity index is 1.25. The minimum atomic E-state index is -0.663. The predicted octanol–water partition coefficient (Wildman–Crippen LogP) is 2.02. The maximum Gasteiger partial charge on any atom is 0.326 e. The van der Waals surface area contributed by atoms with Crippen LogP contribution in [0.4, 0.5) is 10.5 Å². The maximum absolute atomic E-state index is 13.0. The van der Waals surface area contributed by atoms with Gasteiger partial charge in [-0.05, 0) is 30.9 Å². The number of carbonyl (C=O) groups is 3. The fraction of sp³-hybridized carbons (Fsp3) is 0.609. The monoisotopic (exact) mass is 427 g/mol. The highest BCUT2D eigenvalue weighted by Gasteiger charge is 2.51. The average molecular weight is 428 g/mol. The van der Waals surface area contributed by atoms with Crippen LogP contribution >= 0.6 is 0 Å². The smallest absolute Gasteiger partial charge is 0.325 e. The summed E-state index contributed by atoms with van der Waals surface area (Å²) in [7, 11) is 0. The van der Waals surface area contributed by atoms with Gasteiger partial charge in [0.15, 0.2) is 0 Å². The van der Waals surface area contributed by atoms with Gasteiger partial charge in [0.2, 0.25) is 5.91 Å². The number of urea groups is 1. The van der Waals surface area contributed by atoms with Crippen LogP contribution in [0.15, 0.2) is 24.3 Å². The Morgan fingerprint density at radius 2 is 1.71 bits per heavy atom. The second kappa shape index (κ2) is 9.36. The summed E-state index contributed by atoms with van der Waals surface area (Å²) in [5, 5.41) is 6.00. The normalized spacial score (nSPS) is 22.0. The van der Waals surface area contributed by atoms with Gasteiger partial charge in [-0.2, -0.15) is 0 Å². The summed E-state index contributed by atoms with van der Waals surface area (Å²) in [4.78, 5) is 43.5. The van der Waals surface area contributed by atoms with Crippen molar-refractivity contribution in [1.82, 2.24) is 20.0 Å². The lowest BCUT2D eigenvalue weighted by atomic mass is 9.82. The molecule has 168 valence electrons. The van der Waals surface area contributed by atoms with Gasteiger partial charge in [0.1, 0.15) is 5.54 Å². The molecule has 8 heteroatoms. The molecule has 0 radical (unpaired) electrons. The van der Waals surface area contributed by atoms with Gasteiger partial charge in [-0.15, -0.1) is 0 Å². The number of nitrogens with zero attached hydrogens (tertiary/aromatic N) is 3. The summed E-state index contributed by atoms with van der Waals surface area (Å²) in [6.45, 7) is 5.67. The van der Waals surface area contributed by atoms with Gasteiger partial charge < -0.3 is 10.6 Å². The fourth-order valence-electron chi connectivity index (χ4n) is 4.93. The number of rotatable bonds is 6. The summed E-state index contributed by atoms with van der Waals surface area (Å²) in [6.07, 6.45) is 5.48. The van der Waals surface area contributed by atoms with E-state index in [1.807, 2.05) is 24.3 Å². The number of hydrogen-bond donors (Lipinski definition) is 2. The van der Waals surface area contributed by atoms with E-state index < -0.39 is 5.54 Å². The highest BCUT2D eigenvalue weighted by molar-refractivity contribution is 6.07. The maximum atomic E-state index is 13.0. The van der Waals surface area contributed by atoms with E-state index >= 15 is 0 Å². The lowest BCUT2D eigenvalue weighted by Crippen LogP contribution is -2.53. The molecule has 4 amide bonds. The van der Waals surface area contributed by atoms with E-state index in [0.29, 0.717) is 13.2 Å². The minimum absolute atomic E-state index is 0.0114. The molecule has 0 unspecified atom stereocenters. The van der Waals surface area contributed by atoms with Gasteiger partial charge in [-0.3, -0.25) is 19.4 Å². The van der Waals surface area contributed by atoms with Crippen LogP contribution < -0.4 is 10.6 Å². The summed E-state index contributed by atoms with van der Waals surface area (Å²) in [6, 6.07) is 7.62. The molecule has 0 bridgehead atoms. The number of aryl methyl sites for hydroxylation is 1. The molecular formula is C23H33N5O3. The predicted molar refractivity (Wildman–Crippen MR) is 119 cm³/mol. The van der Waals surface area contributed by atoms with Crippen LogP contribution in [0.2, 0.25) is 0 Å². The number of nitrogens with one attached hydrogen (secondary N) is 2. The zero-order chi connectivity index (χ0) is 21.8. The molecule has 8 nitrogen and oxygen atoms in total. The van der Waals surface area contributed by atoms with Gasteiger partial charge in [0, 0.05) is 31.9 Å². The minimum Gasteiger partial charge on any atom is -0.325 e. The number of benzene rings is 1. The van der Waals surface area contributed by atoms with Crippen molar-refractivity contribution < 1.29 is 14.4 Å². The standard InChI is InChI=1S/C23H33N5O3/c1-2-18-8-4-5-9-19(18)24-20(29)16-26-12-14-27(15-13-26)17-28-21(30)23(25-22(28)31)10-6-3-7-11-23/h4-5,8-9H,2-3,6-7,10-17H2,1H3,(H,24,29)(H,25,31). The van der Waals surface area contributed by atoms with Crippen molar-refractivity contribution in [3.8, 4) is 0 Å². The number of amides is 4. The van der Waals surface area contributed by atoms with Gasteiger partial charge >= 0.3 is 6.03 Å². The lowest BCUT2D eigenvalue weighted by Gasteiger charge is -2.36. The molecule has 2 saturated heterocycles. The van der Waals surface area contributed by atoms with Crippen molar-refractivity contribution in [3.63, 3.8) is 0 Å². The molecule has 31 heavy (non-hydrogen) atoms. The first-order chi connectivity index (χ1) is 15.0. The van der Waals surface area contributed by atoms with Crippen LogP contribution in [0, 0.1) is 0 Å². The number of imide groups is 1. The zero-order valence-corrected chi connectivity index (χ0v) is 18.4. The largest absolute Gasteiger partial charge is 0.326 e. The third-order valence-electron chi connectivity index (χ3n) is 6.80. The van der Waals surface area contributed by atoms with E-state index in [1.54, 1.807) is 0 Å². The van der Waals surface area contributed by atoms with Crippen LogP contribution in [0.5, 0.6) is 0 Å². The van der Waals surface area contributed by atoms with Crippen molar-refractivity contribution in [1.29, 1.82) is 0 Å². The molecule has 1 aromatic rings. The molecule has 4 rings (SSSR count). The van der Waals surface area contributed by atoms with Crippen LogP contribution in [0.3, 0.4) is 0 Å². The third kappa shape index (κ3) is 4.75. The first kappa shape index (κ1) is 21.8. The number of para-hydroxylation sites is 1. The Morgan fingerprint density at radius 1 is 1.03 bits per heavy atom. The average Bonchev–Trinajstić information content (AvgIpc) is 2.99. The quantitative estimate of drug-likeness (QED) is 0.679. The molecule has 1 spiro atoms. The zero-order valence-electron chi connectivity index (χ0n) is 18.4. The summed E-state index contributed by atoms with van der Waals surface area (Å²) < 4.78 is 0. The van der Waals surface area contributed by atoms with Crippen molar-refractivity contribution >= 4 is 23.5 Å². The Labute approximate surface area is 183 Å². The number of hydrogen-bond acceptors (Lipinski definition) is 5. The molecule has 0 aromatic heterocycles. The Morgan fingerprint density at radius 3 is 2.42 bits per heavy atom. The highest BCUT2D eigenvalue weighted by Crippen LogP contribution is 2.33. The summed E-state index contributed by atoms with van der Waals surface area (Å²) >= 11 is 0. The second-order valence-corrected chi connectivity index (χ2v) is 8.90. The SMILES string of the molecule is CCc1ccccc1NC(=O)CN1CCN(CN2C(=O)NC3(CCCCC3)C2=O)CC1. The molecule has 1 aromatic carbocycles. The second-order valence-electron chi connectivity index (χ2n) is 8.90. The van der Waals surface area contributed by atoms with Gasteiger partial charge in [0.25, 0.3) is 5.91 Å². The van der Waals surface area contributed by atoms with E-state index in [2.05, 4.69) is 27.4 Å². The van der Waals surface area contributed by atoms with Crippen molar-refractivity contribution in [2.45, 2.75) is 51.0 Å². The third-order valence-corrected chi connectivity index (χ3v) is 6.80. The van der Waals surface area contributed by atoms with E-state index in [0.717, 1.165) is 76.0 Å². The topological polar surface area (TPSA) is 85.0 Å². The van der Waals surface area contributed by atoms with E-state index in [9.17, 15) is 14.4 Å². The lowest BCUT2D eigenvalue weighted by molar-refractivity contribution is -0.134. The number of anilines is 1. The van der Waals surface area contributed by atoms with Crippen LogP contribution in [0.1, 0.15) is 44.6 Å². The molecule has 1 aliphatic carbocycles. The fourth-order valence-corrected chi connectivity index (χ4v) is 4.93. The van der Waals surface area contributed by atoms with Crippen LogP contribution in [0.25, 0.3) is 0 Å².